The molecule has 38 heavy (non-hydrogen) atoms. The zero-order valence-electron chi connectivity index (χ0n) is 20.9. The van der Waals surface area contributed by atoms with E-state index >= 15 is 0 Å². The van der Waals surface area contributed by atoms with Crippen molar-refractivity contribution in [2.45, 2.75) is 45.4 Å². The minimum absolute atomic E-state index is 0.0577. The van der Waals surface area contributed by atoms with E-state index in [0.717, 1.165) is 27.6 Å². The lowest BCUT2D eigenvalue weighted by Crippen LogP contribution is -2.44. The van der Waals surface area contributed by atoms with Crippen molar-refractivity contribution in [2.75, 3.05) is 23.7 Å². The van der Waals surface area contributed by atoms with E-state index in [1.54, 1.807) is 23.6 Å². The van der Waals surface area contributed by atoms with E-state index in [1.807, 2.05) is 23.1 Å². The summed E-state index contributed by atoms with van der Waals surface area (Å²) in [4.78, 5) is 50.4. The number of benzene rings is 1. The highest BCUT2D eigenvalue weighted by Gasteiger charge is 2.27. The SMILES string of the molecule is CC#CCn1c(N2CCCC(N)C2)nc2c(=O)n(CC(=O)O)n(Cc3cc(N)c4ccccc4n3)c(=O)c21. The van der Waals surface area contributed by atoms with Crippen LogP contribution >= 0.6 is 0 Å². The van der Waals surface area contributed by atoms with Gasteiger partial charge in [-0.3, -0.25) is 23.9 Å². The van der Waals surface area contributed by atoms with Crippen LogP contribution in [-0.4, -0.2) is 54.1 Å². The number of anilines is 2. The molecule has 1 saturated heterocycles. The molecule has 1 aromatic carbocycles. The fourth-order valence-electron chi connectivity index (χ4n) is 4.95. The van der Waals surface area contributed by atoms with Crippen LogP contribution in [0.2, 0.25) is 0 Å². The van der Waals surface area contributed by atoms with Gasteiger partial charge in [0.2, 0.25) is 5.95 Å². The molecule has 0 amide bonds. The molecule has 12 heteroatoms. The maximum Gasteiger partial charge on any atom is 0.325 e. The summed E-state index contributed by atoms with van der Waals surface area (Å²) in [5.41, 5.74) is 12.6. The number of nitrogen functional groups attached to an aromatic ring is 1. The molecular formula is C26H28N8O4. The number of piperidine rings is 1. The molecule has 0 aliphatic carbocycles. The Morgan fingerprint density at radius 1 is 1.18 bits per heavy atom. The first-order valence-corrected chi connectivity index (χ1v) is 12.3. The van der Waals surface area contributed by atoms with Crippen molar-refractivity contribution in [1.82, 2.24) is 23.9 Å². The summed E-state index contributed by atoms with van der Waals surface area (Å²) in [5, 5.41) is 10.3. The van der Waals surface area contributed by atoms with Crippen LogP contribution in [-0.2, 0) is 24.4 Å². The van der Waals surface area contributed by atoms with Crippen LogP contribution in [0.15, 0.2) is 39.9 Å². The molecule has 4 aromatic rings. The predicted molar refractivity (Wildman–Crippen MR) is 144 cm³/mol. The number of nitrogens with zero attached hydrogens (tertiary/aromatic N) is 6. The monoisotopic (exact) mass is 516 g/mol. The van der Waals surface area contributed by atoms with Crippen LogP contribution in [0.1, 0.15) is 25.5 Å². The van der Waals surface area contributed by atoms with E-state index in [9.17, 15) is 19.5 Å². The van der Waals surface area contributed by atoms with Gasteiger partial charge in [-0.05, 0) is 31.9 Å². The Hall–Kier alpha value is -4.63. The number of para-hydroxylation sites is 1. The maximum atomic E-state index is 14.0. The Bertz CT molecular complexity index is 1740. The highest BCUT2D eigenvalue weighted by Crippen LogP contribution is 2.23. The Morgan fingerprint density at radius 2 is 1.97 bits per heavy atom. The van der Waals surface area contributed by atoms with Gasteiger partial charge < -0.3 is 21.5 Å². The average Bonchev–Trinajstić information content (AvgIpc) is 3.28. The lowest BCUT2D eigenvalue weighted by Gasteiger charge is -2.31. The maximum absolute atomic E-state index is 14.0. The number of pyridine rings is 1. The first-order valence-electron chi connectivity index (χ1n) is 12.3. The minimum atomic E-state index is -1.27. The van der Waals surface area contributed by atoms with Gasteiger partial charge >= 0.3 is 5.97 Å². The third-order valence-electron chi connectivity index (χ3n) is 6.67. The van der Waals surface area contributed by atoms with Gasteiger partial charge in [0.05, 0.1) is 24.3 Å². The van der Waals surface area contributed by atoms with Crippen molar-refractivity contribution in [2.24, 2.45) is 5.73 Å². The van der Waals surface area contributed by atoms with Gasteiger partial charge in [-0.15, -0.1) is 5.92 Å². The average molecular weight is 517 g/mol. The topological polar surface area (TPSA) is 167 Å². The van der Waals surface area contributed by atoms with Crippen molar-refractivity contribution in [1.29, 1.82) is 0 Å². The summed E-state index contributed by atoms with van der Waals surface area (Å²) in [6.45, 7) is 2.10. The molecule has 1 atom stereocenters. The van der Waals surface area contributed by atoms with Crippen LogP contribution in [0.25, 0.3) is 21.9 Å². The van der Waals surface area contributed by atoms with Crippen molar-refractivity contribution < 1.29 is 9.90 Å². The van der Waals surface area contributed by atoms with Gasteiger partial charge in [0, 0.05) is 30.2 Å². The first kappa shape index (κ1) is 25.0. The lowest BCUT2D eigenvalue weighted by atomic mass is 10.1. The van der Waals surface area contributed by atoms with Gasteiger partial charge in [0.15, 0.2) is 5.52 Å². The third kappa shape index (κ3) is 4.48. The summed E-state index contributed by atoms with van der Waals surface area (Å²) < 4.78 is 3.62. The van der Waals surface area contributed by atoms with Crippen LogP contribution in [0.4, 0.5) is 11.6 Å². The number of carbonyl (C=O) groups is 1. The first-order chi connectivity index (χ1) is 18.3. The lowest BCUT2D eigenvalue weighted by molar-refractivity contribution is -0.138. The number of carboxylic acid groups (broad SMARTS) is 1. The molecule has 1 fully saturated rings. The number of rotatable bonds is 6. The molecule has 12 nitrogen and oxygen atoms in total. The van der Waals surface area contributed by atoms with Crippen LogP contribution in [0.3, 0.4) is 0 Å². The number of hydrogen-bond acceptors (Lipinski definition) is 8. The molecule has 0 radical (unpaired) electrons. The van der Waals surface area contributed by atoms with Crippen LogP contribution in [0, 0.1) is 11.8 Å². The van der Waals surface area contributed by atoms with E-state index in [2.05, 4.69) is 21.8 Å². The van der Waals surface area contributed by atoms with Crippen molar-refractivity contribution in [3.8, 4) is 11.8 Å². The molecule has 1 aliphatic rings. The summed E-state index contributed by atoms with van der Waals surface area (Å²) >= 11 is 0. The number of aliphatic carboxylic acids is 1. The number of aromatic nitrogens is 5. The summed E-state index contributed by atoms with van der Waals surface area (Å²) in [7, 11) is 0. The van der Waals surface area contributed by atoms with Gasteiger partial charge in [0.25, 0.3) is 11.1 Å². The number of nitrogens with two attached hydrogens (primary N) is 2. The second-order valence-electron chi connectivity index (χ2n) is 9.31. The second kappa shape index (κ2) is 10.0. The van der Waals surface area contributed by atoms with Crippen LogP contribution < -0.4 is 27.5 Å². The summed E-state index contributed by atoms with van der Waals surface area (Å²) in [5.74, 6) is 4.92. The van der Waals surface area contributed by atoms with Gasteiger partial charge in [-0.1, -0.05) is 24.1 Å². The molecule has 0 spiro atoms. The van der Waals surface area contributed by atoms with E-state index in [0.29, 0.717) is 35.9 Å². The highest BCUT2D eigenvalue weighted by molar-refractivity contribution is 5.90. The van der Waals surface area contributed by atoms with Gasteiger partial charge in [-0.25, -0.2) is 14.3 Å². The molecule has 5 N–H and O–H groups in total. The molecule has 196 valence electrons. The number of fused-ring (bicyclic) bond motifs is 2. The van der Waals surface area contributed by atoms with E-state index in [1.165, 1.54) is 0 Å². The number of hydrogen-bond donors (Lipinski definition) is 3. The predicted octanol–water partition coefficient (Wildman–Crippen LogP) is 0.574. The Labute approximate surface area is 217 Å². The smallest absolute Gasteiger partial charge is 0.325 e. The normalized spacial score (nSPS) is 15.5. The number of imidazole rings is 1. The molecule has 0 saturated carbocycles. The Kier molecular flexibility index (Phi) is 6.61. The van der Waals surface area contributed by atoms with Gasteiger partial charge in [0.1, 0.15) is 12.1 Å². The van der Waals surface area contributed by atoms with Gasteiger partial charge in [-0.2, -0.15) is 0 Å². The molecule has 1 aliphatic heterocycles. The van der Waals surface area contributed by atoms with E-state index < -0.39 is 23.6 Å². The summed E-state index contributed by atoms with van der Waals surface area (Å²) in [6, 6.07) is 8.84. The summed E-state index contributed by atoms with van der Waals surface area (Å²) in [6.07, 6.45) is 1.71. The largest absolute Gasteiger partial charge is 0.480 e. The van der Waals surface area contributed by atoms with E-state index in [4.69, 9.17) is 11.5 Å². The van der Waals surface area contributed by atoms with Crippen molar-refractivity contribution in [3.63, 3.8) is 0 Å². The molecule has 0 bridgehead atoms. The van der Waals surface area contributed by atoms with E-state index in [-0.39, 0.29) is 30.2 Å². The molecule has 4 heterocycles. The zero-order valence-corrected chi connectivity index (χ0v) is 20.9. The number of carboxylic acids is 1. The Morgan fingerprint density at radius 3 is 2.71 bits per heavy atom. The highest BCUT2D eigenvalue weighted by atomic mass is 16.4. The molecule has 5 rings (SSSR count). The molecular weight excluding hydrogens is 488 g/mol. The minimum Gasteiger partial charge on any atom is -0.480 e. The van der Waals surface area contributed by atoms with Crippen LogP contribution in [0.5, 0.6) is 0 Å². The second-order valence-corrected chi connectivity index (χ2v) is 9.31. The fraction of sp³-hybridized carbons (Fsp3) is 0.346. The molecule has 3 aromatic heterocycles. The molecule has 1 unspecified atom stereocenters. The Balaban J connectivity index is 1.75. The van der Waals surface area contributed by atoms with Crippen molar-refractivity contribution >= 4 is 39.5 Å². The fourth-order valence-corrected chi connectivity index (χ4v) is 4.95. The standard InChI is InChI=1S/C26H28N8O4/c1-2-3-11-32-23-22(30-26(32)31-10-6-7-16(27)13-31)24(37)34(15-21(35)36)33(25(23)38)14-17-12-19(28)18-8-4-5-9-20(18)29-17/h4-5,8-9,12,16H,6-7,10-11,13-15,27H2,1H3,(H2,28,29)(H,35,36). The zero-order chi connectivity index (χ0) is 27.0. The van der Waals surface area contributed by atoms with Crippen molar-refractivity contribution in [3.05, 3.63) is 56.7 Å². The third-order valence-corrected chi connectivity index (χ3v) is 6.67. The quantitative estimate of drug-likeness (QED) is 0.310.